The lowest BCUT2D eigenvalue weighted by atomic mass is 10.1. The fraction of sp³-hybridized carbons (Fsp3) is 0.308. The van der Waals surface area contributed by atoms with Gasteiger partial charge in [0.25, 0.3) is 0 Å². The normalized spacial score (nSPS) is 11.1. The van der Waals surface area contributed by atoms with E-state index in [1.54, 1.807) is 19.3 Å². The van der Waals surface area contributed by atoms with Gasteiger partial charge in [0.1, 0.15) is 18.1 Å². The van der Waals surface area contributed by atoms with Gasteiger partial charge >= 0.3 is 0 Å². The van der Waals surface area contributed by atoms with Crippen LogP contribution >= 0.6 is 15.9 Å². The fourth-order valence-electron chi connectivity index (χ4n) is 3.45. The summed E-state index contributed by atoms with van der Waals surface area (Å²) in [5.74, 6) is 1.43. The zero-order valence-corrected chi connectivity index (χ0v) is 21.1. The molecular formula is C26H30BrN3O3. The minimum absolute atomic E-state index is 0.127. The molecule has 0 aliphatic carbocycles. The van der Waals surface area contributed by atoms with Crippen molar-refractivity contribution in [3.8, 4) is 11.5 Å². The molecule has 3 rings (SSSR count). The molecule has 174 valence electrons. The molecule has 0 radical (unpaired) electrons. The van der Waals surface area contributed by atoms with Gasteiger partial charge in [-0.05, 0) is 84.6 Å². The van der Waals surface area contributed by atoms with Crippen molar-refractivity contribution in [2.24, 2.45) is 0 Å². The molecule has 0 saturated heterocycles. The maximum absolute atomic E-state index is 12.2. The third-order valence-corrected chi connectivity index (χ3v) is 6.40. The van der Waals surface area contributed by atoms with Crippen LogP contribution in [-0.4, -0.2) is 29.3 Å². The molecular weight excluding hydrogens is 482 g/mol. The second kappa shape index (κ2) is 11.7. The highest BCUT2D eigenvalue weighted by Crippen LogP contribution is 2.23. The highest BCUT2D eigenvalue weighted by atomic mass is 79.9. The number of aromatic nitrogens is 2. The number of nitrogens with one attached hydrogen (secondary N) is 1. The predicted molar refractivity (Wildman–Crippen MR) is 135 cm³/mol. The third-order valence-electron chi connectivity index (χ3n) is 5.25. The van der Waals surface area contributed by atoms with Gasteiger partial charge in [0, 0.05) is 30.4 Å². The number of nitrogens with zero attached hydrogens (tertiary/aromatic N) is 2. The second-order valence-electron chi connectivity index (χ2n) is 7.86. The molecule has 0 aliphatic heterocycles. The van der Waals surface area contributed by atoms with E-state index in [0.29, 0.717) is 13.2 Å². The quantitative estimate of drug-likeness (QED) is 0.293. The molecule has 1 aromatic heterocycles. The number of benzene rings is 2. The van der Waals surface area contributed by atoms with Crippen molar-refractivity contribution in [2.75, 3.05) is 13.7 Å². The second-order valence-corrected chi connectivity index (χ2v) is 8.66. The van der Waals surface area contributed by atoms with E-state index in [9.17, 15) is 4.79 Å². The topological polar surface area (TPSA) is 65.4 Å². The Bertz CT molecular complexity index is 1140. The van der Waals surface area contributed by atoms with Gasteiger partial charge in [-0.3, -0.25) is 9.48 Å². The van der Waals surface area contributed by atoms with Crippen molar-refractivity contribution in [2.45, 2.75) is 40.3 Å². The van der Waals surface area contributed by atoms with Gasteiger partial charge in [-0.25, -0.2) is 0 Å². The summed E-state index contributed by atoms with van der Waals surface area (Å²) in [6, 6.07) is 13.7. The van der Waals surface area contributed by atoms with Crippen molar-refractivity contribution in [1.82, 2.24) is 15.1 Å². The Morgan fingerprint density at radius 2 is 2.00 bits per heavy atom. The smallest absolute Gasteiger partial charge is 0.244 e. The van der Waals surface area contributed by atoms with E-state index in [1.807, 2.05) is 67.9 Å². The van der Waals surface area contributed by atoms with Crippen LogP contribution in [0.3, 0.4) is 0 Å². The lowest BCUT2D eigenvalue weighted by Gasteiger charge is -2.11. The first kappa shape index (κ1) is 24.6. The molecule has 0 atom stereocenters. The van der Waals surface area contributed by atoms with Crippen LogP contribution in [0.4, 0.5) is 0 Å². The summed E-state index contributed by atoms with van der Waals surface area (Å²) >= 11 is 3.54. The van der Waals surface area contributed by atoms with E-state index in [0.717, 1.165) is 57.0 Å². The maximum Gasteiger partial charge on any atom is 0.244 e. The SMILES string of the molecule is COc1ccc(/C=C/C(=O)NCCCn2nc(C)c(Br)c2C)cc1COc1cccc(C)c1. The third kappa shape index (κ3) is 6.96. The van der Waals surface area contributed by atoms with Crippen LogP contribution in [0.5, 0.6) is 11.5 Å². The molecule has 0 fully saturated rings. The molecule has 0 spiro atoms. The van der Waals surface area contributed by atoms with E-state index >= 15 is 0 Å². The Morgan fingerprint density at radius 3 is 2.70 bits per heavy atom. The van der Waals surface area contributed by atoms with Crippen molar-refractivity contribution in [3.63, 3.8) is 0 Å². The summed E-state index contributed by atoms with van der Waals surface area (Å²) in [6.45, 7) is 7.74. The molecule has 1 amide bonds. The van der Waals surface area contributed by atoms with E-state index in [-0.39, 0.29) is 5.91 Å². The lowest BCUT2D eigenvalue weighted by molar-refractivity contribution is -0.116. The standard InChI is InChI=1S/C26H30BrN3O3/c1-18-7-5-8-23(15-18)33-17-22-16-21(9-11-24(22)32-4)10-12-25(31)28-13-6-14-30-20(3)26(27)19(2)29-30/h5,7-12,15-16H,6,13-14,17H2,1-4H3,(H,28,31)/b12-10+. The predicted octanol–water partition coefficient (Wildman–Crippen LogP) is 5.38. The zero-order chi connectivity index (χ0) is 23.8. The van der Waals surface area contributed by atoms with E-state index in [1.165, 1.54) is 0 Å². The van der Waals surface area contributed by atoms with Crippen LogP contribution < -0.4 is 14.8 Å². The maximum atomic E-state index is 12.2. The summed E-state index contributed by atoms with van der Waals surface area (Å²) in [6.07, 6.45) is 4.15. The molecule has 7 heteroatoms. The van der Waals surface area contributed by atoms with Crippen LogP contribution in [0.2, 0.25) is 0 Å². The highest BCUT2D eigenvalue weighted by Gasteiger charge is 2.08. The van der Waals surface area contributed by atoms with Crippen LogP contribution in [0.15, 0.2) is 53.0 Å². The minimum atomic E-state index is -0.127. The molecule has 1 heterocycles. The van der Waals surface area contributed by atoms with Gasteiger partial charge in [-0.15, -0.1) is 0 Å². The Morgan fingerprint density at radius 1 is 1.18 bits per heavy atom. The Hall–Kier alpha value is -3.06. The number of hydrogen-bond acceptors (Lipinski definition) is 4. The van der Waals surface area contributed by atoms with E-state index < -0.39 is 0 Å². The number of aryl methyl sites for hydroxylation is 3. The van der Waals surface area contributed by atoms with Crippen molar-refractivity contribution in [3.05, 3.63) is 81.1 Å². The molecule has 2 aromatic carbocycles. The summed E-state index contributed by atoms with van der Waals surface area (Å²) in [7, 11) is 1.64. The molecule has 0 unspecified atom stereocenters. The molecule has 1 N–H and O–H groups in total. The van der Waals surface area contributed by atoms with Gasteiger partial charge < -0.3 is 14.8 Å². The summed E-state index contributed by atoms with van der Waals surface area (Å²) in [5, 5.41) is 7.41. The van der Waals surface area contributed by atoms with Gasteiger partial charge in [0.2, 0.25) is 5.91 Å². The number of methoxy groups -OCH3 is 1. The zero-order valence-electron chi connectivity index (χ0n) is 19.5. The van der Waals surface area contributed by atoms with Gasteiger partial charge in [0.05, 0.1) is 17.3 Å². The average Bonchev–Trinajstić information content (AvgIpc) is 3.05. The fourth-order valence-corrected chi connectivity index (χ4v) is 3.73. The van der Waals surface area contributed by atoms with Crippen molar-refractivity contribution < 1.29 is 14.3 Å². The monoisotopic (exact) mass is 511 g/mol. The van der Waals surface area contributed by atoms with Gasteiger partial charge in [0.15, 0.2) is 0 Å². The Labute approximate surface area is 203 Å². The Kier molecular flexibility index (Phi) is 8.72. The summed E-state index contributed by atoms with van der Waals surface area (Å²) in [4.78, 5) is 12.2. The molecule has 0 aliphatic rings. The minimum Gasteiger partial charge on any atom is -0.496 e. The molecule has 6 nitrogen and oxygen atoms in total. The average molecular weight is 512 g/mol. The van der Waals surface area contributed by atoms with E-state index in [2.05, 4.69) is 26.3 Å². The van der Waals surface area contributed by atoms with Crippen molar-refractivity contribution >= 4 is 27.9 Å². The first-order valence-corrected chi connectivity index (χ1v) is 11.7. The van der Waals surface area contributed by atoms with Crippen LogP contribution in [-0.2, 0) is 17.9 Å². The van der Waals surface area contributed by atoms with Crippen molar-refractivity contribution in [1.29, 1.82) is 0 Å². The number of ether oxygens (including phenoxy) is 2. The molecule has 33 heavy (non-hydrogen) atoms. The largest absolute Gasteiger partial charge is 0.496 e. The van der Waals surface area contributed by atoms with Crippen LogP contribution in [0, 0.1) is 20.8 Å². The summed E-state index contributed by atoms with van der Waals surface area (Å²) < 4.78 is 14.4. The number of amides is 1. The summed E-state index contributed by atoms with van der Waals surface area (Å²) in [5.41, 5.74) is 5.03. The first-order chi connectivity index (χ1) is 15.9. The number of carbonyl (C=O) groups is 1. The number of hydrogen-bond donors (Lipinski definition) is 1. The first-order valence-electron chi connectivity index (χ1n) is 10.9. The number of carbonyl (C=O) groups excluding carboxylic acids is 1. The van der Waals surface area contributed by atoms with E-state index in [4.69, 9.17) is 9.47 Å². The van der Waals surface area contributed by atoms with Crippen LogP contribution in [0.25, 0.3) is 6.08 Å². The molecule has 0 saturated carbocycles. The van der Waals surface area contributed by atoms with Gasteiger partial charge in [-0.2, -0.15) is 5.10 Å². The number of halogens is 1. The number of rotatable bonds is 10. The lowest BCUT2D eigenvalue weighted by Crippen LogP contribution is -2.23. The Balaban J connectivity index is 1.52. The highest BCUT2D eigenvalue weighted by molar-refractivity contribution is 9.10. The molecule has 0 bridgehead atoms. The van der Waals surface area contributed by atoms with Gasteiger partial charge in [-0.1, -0.05) is 18.2 Å². The molecule has 3 aromatic rings. The van der Waals surface area contributed by atoms with Crippen LogP contribution in [0.1, 0.15) is 34.5 Å².